The summed E-state index contributed by atoms with van der Waals surface area (Å²) >= 11 is 0. The molecular weight excluding hydrogens is 224 g/mol. The zero-order chi connectivity index (χ0) is 12.7. The van der Waals surface area contributed by atoms with Gasteiger partial charge in [0.05, 0.1) is 17.0 Å². The summed E-state index contributed by atoms with van der Waals surface area (Å²) in [7, 11) is 0. The van der Waals surface area contributed by atoms with Crippen molar-refractivity contribution in [1.29, 1.82) is 0 Å². The van der Waals surface area contributed by atoms with Crippen LogP contribution in [0.5, 0.6) is 0 Å². The zero-order valence-corrected chi connectivity index (χ0v) is 8.53. The Balaban J connectivity index is 3.06. The van der Waals surface area contributed by atoms with Crippen LogP contribution in [0.4, 0.5) is 5.69 Å². The van der Waals surface area contributed by atoms with Crippen molar-refractivity contribution in [2.75, 3.05) is 6.54 Å². The van der Waals surface area contributed by atoms with Gasteiger partial charge in [-0.2, -0.15) is 0 Å². The highest BCUT2D eigenvalue weighted by Gasteiger charge is 2.12. The molecule has 0 aromatic heterocycles. The lowest BCUT2D eigenvalue weighted by molar-refractivity contribution is -0.385. The molecule has 1 rings (SSSR count). The molecule has 0 aliphatic rings. The van der Waals surface area contributed by atoms with E-state index < -0.39 is 4.92 Å². The maximum atomic E-state index is 10.6. The van der Waals surface area contributed by atoms with E-state index in [-0.39, 0.29) is 17.8 Å². The van der Waals surface area contributed by atoms with Crippen LogP contribution in [0.25, 0.3) is 10.4 Å². The molecule has 0 atom stereocenters. The van der Waals surface area contributed by atoms with Gasteiger partial charge in [-0.1, -0.05) is 17.0 Å². The summed E-state index contributed by atoms with van der Waals surface area (Å²) in [5.74, 6) is 5.12. The van der Waals surface area contributed by atoms with E-state index in [0.29, 0.717) is 11.8 Å². The smallest absolute Gasteiger partial charge is 0.281 e. The van der Waals surface area contributed by atoms with Gasteiger partial charge in [0.15, 0.2) is 6.29 Å². The molecule has 1 aromatic carbocycles. The second-order valence-electron chi connectivity index (χ2n) is 2.84. The first-order valence-electron chi connectivity index (χ1n) is 4.42. The molecule has 0 saturated heterocycles. The van der Waals surface area contributed by atoms with E-state index >= 15 is 0 Å². The van der Waals surface area contributed by atoms with Crippen molar-refractivity contribution in [3.05, 3.63) is 49.9 Å². The van der Waals surface area contributed by atoms with Crippen LogP contribution in [-0.4, -0.2) is 17.8 Å². The fraction of sp³-hybridized carbons (Fsp3) is 0.100. The van der Waals surface area contributed by atoms with Gasteiger partial charge in [-0.25, -0.2) is 0 Å². The number of nitro benzene ring substituents is 1. The minimum atomic E-state index is -0.650. The average molecular weight is 230 g/mol. The first-order chi connectivity index (χ1) is 8.19. The topological polar surface area (TPSA) is 109 Å². The number of hydrogen-bond donors (Lipinski definition) is 0. The maximum Gasteiger partial charge on any atom is 0.281 e. The van der Waals surface area contributed by atoms with Crippen LogP contribution in [0.3, 0.4) is 0 Å². The van der Waals surface area contributed by atoms with Crippen LogP contribution in [0, 0.1) is 22.0 Å². The quantitative estimate of drug-likeness (QED) is 0.151. The SMILES string of the molecule is [N-]=[N+]=NCC#Cc1ccc(C=O)c([N+](=O)[O-])c1. The van der Waals surface area contributed by atoms with E-state index in [2.05, 4.69) is 21.9 Å². The Labute approximate surface area is 95.8 Å². The second kappa shape index (κ2) is 5.90. The summed E-state index contributed by atoms with van der Waals surface area (Å²) in [4.78, 5) is 23.0. The molecule has 84 valence electrons. The predicted octanol–water partition coefficient (Wildman–Crippen LogP) is 2.07. The van der Waals surface area contributed by atoms with Crippen LogP contribution >= 0.6 is 0 Å². The highest BCUT2D eigenvalue weighted by molar-refractivity contribution is 5.81. The van der Waals surface area contributed by atoms with Crippen LogP contribution in [-0.2, 0) is 0 Å². The van der Waals surface area contributed by atoms with Gasteiger partial charge in [0, 0.05) is 16.5 Å². The maximum absolute atomic E-state index is 10.6. The molecule has 0 spiro atoms. The standard InChI is InChI=1S/C10H6N4O3/c11-13-12-5-1-2-8-3-4-9(7-15)10(6-8)14(16)17/h3-4,6-7H,5H2. The van der Waals surface area contributed by atoms with Gasteiger partial charge in [-0.05, 0) is 17.7 Å². The minimum absolute atomic E-state index is 0.00408. The first-order valence-corrected chi connectivity index (χ1v) is 4.42. The number of nitrogens with zero attached hydrogens (tertiary/aromatic N) is 4. The molecule has 0 fully saturated rings. The van der Waals surface area contributed by atoms with Crippen LogP contribution in [0.1, 0.15) is 15.9 Å². The Bertz CT molecular complexity index is 565. The van der Waals surface area contributed by atoms with Gasteiger partial charge in [0.2, 0.25) is 0 Å². The Kier molecular flexibility index (Phi) is 4.25. The lowest BCUT2D eigenvalue weighted by Gasteiger charge is -1.95. The van der Waals surface area contributed by atoms with E-state index in [4.69, 9.17) is 5.53 Å². The largest absolute Gasteiger partial charge is 0.298 e. The van der Waals surface area contributed by atoms with Crippen molar-refractivity contribution in [2.24, 2.45) is 5.11 Å². The fourth-order valence-electron chi connectivity index (χ4n) is 1.09. The van der Waals surface area contributed by atoms with Crippen LogP contribution in [0.2, 0.25) is 0 Å². The molecule has 7 nitrogen and oxygen atoms in total. The monoisotopic (exact) mass is 230 g/mol. The summed E-state index contributed by atoms with van der Waals surface area (Å²) in [5.41, 5.74) is 8.10. The van der Waals surface area contributed by atoms with E-state index in [0.717, 1.165) is 0 Å². The van der Waals surface area contributed by atoms with E-state index in [9.17, 15) is 14.9 Å². The average Bonchev–Trinajstić information content (AvgIpc) is 2.34. The molecule has 0 unspecified atom stereocenters. The summed E-state index contributed by atoms with van der Waals surface area (Å²) in [6, 6.07) is 4.01. The third kappa shape index (κ3) is 3.34. The number of benzene rings is 1. The van der Waals surface area contributed by atoms with Crippen molar-refractivity contribution in [2.45, 2.75) is 0 Å². The summed E-state index contributed by atoms with van der Waals surface area (Å²) < 4.78 is 0. The normalized spacial score (nSPS) is 8.47. The number of nitro groups is 1. The molecule has 1 aromatic rings. The van der Waals surface area contributed by atoms with Gasteiger partial charge in [-0.15, -0.1) is 0 Å². The van der Waals surface area contributed by atoms with Crippen molar-refractivity contribution < 1.29 is 9.72 Å². The number of azide groups is 1. The molecule has 0 aliphatic carbocycles. The van der Waals surface area contributed by atoms with Gasteiger partial charge in [-0.3, -0.25) is 14.9 Å². The van der Waals surface area contributed by atoms with Crippen LogP contribution in [0.15, 0.2) is 23.3 Å². The van der Waals surface area contributed by atoms with Crippen molar-refractivity contribution >= 4 is 12.0 Å². The van der Waals surface area contributed by atoms with Crippen LogP contribution < -0.4 is 0 Å². The molecule has 0 amide bonds. The second-order valence-corrected chi connectivity index (χ2v) is 2.84. The molecular formula is C10H6N4O3. The van der Waals surface area contributed by atoms with Gasteiger partial charge >= 0.3 is 0 Å². The lowest BCUT2D eigenvalue weighted by atomic mass is 10.1. The number of aldehydes is 1. The van der Waals surface area contributed by atoms with E-state index in [1.807, 2.05) is 0 Å². The molecule has 7 heteroatoms. The first kappa shape index (κ1) is 12.2. The third-order valence-corrected chi connectivity index (χ3v) is 1.80. The fourth-order valence-corrected chi connectivity index (χ4v) is 1.09. The summed E-state index contributed by atoms with van der Waals surface area (Å²) in [5, 5.41) is 13.8. The lowest BCUT2D eigenvalue weighted by Crippen LogP contribution is -1.94. The molecule has 0 aliphatic heterocycles. The van der Waals surface area contributed by atoms with Crippen molar-refractivity contribution in [1.82, 2.24) is 0 Å². The Hall–Kier alpha value is -2.84. The third-order valence-electron chi connectivity index (χ3n) is 1.80. The van der Waals surface area contributed by atoms with Crippen molar-refractivity contribution in [3.63, 3.8) is 0 Å². The number of carbonyl (C=O) groups excluding carboxylic acids is 1. The molecule has 0 heterocycles. The predicted molar refractivity (Wildman–Crippen MR) is 59.4 cm³/mol. The van der Waals surface area contributed by atoms with Gasteiger partial charge in [0.25, 0.3) is 5.69 Å². The number of carbonyl (C=O) groups is 1. The Morgan fingerprint density at radius 1 is 1.59 bits per heavy atom. The highest BCUT2D eigenvalue weighted by atomic mass is 16.6. The van der Waals surface area contributed by atoms with E-state index in [1.165, 1.54) is 18.2 Å². The van der Waals surface area contributed by atoms with Gasteiger partial charge < -0.3 is 0 Å². The minimum Gasteiger partial charge on any atom is -0.298 e. The highest BCUT2D eigenvalue weighted by Crippen LogP contribution is 2.17. The molecule has 17 heavy (non-hydrogen) atoms. The van der Waals surface area contributed by atoms with E-state index in [1.54, 1.807) is 0 Å². The Morgan fingerprint density at radius 3 is 2.94 bits per heavy atom. The molecule has 0 radical (unpaired) electrons. The summed E-state index contributed by atoms with van der Waals surface area (Å²) in [6.45, 7) is -0.0142. The molecule has 0 bridgehead atoms. The number of rotatable bonds is 3. The number of hydrogen-bond acceptors (Lipinski definition) is 4. The Morgan fingerprint density at radius 2 is 2.35 bits per heavy atom. The summed E-state index contributed by atoms with van der Waals surface area (Å²) in [6.07, 6.45) is 0.412. The molecule has 0 N–H and O–H groups in total. The zero-order valence-electron chi connectivity index (χ0n) is 8.53. The van der Waals surface area contributed by atoms with Gasteiger partial charge in [0.1, 0.15) is 0 Å². The van der Waals surface area contributed by atoms with Crippen molar-refractivity contribution in [3.8, 4) is 11.8 Å². The molecule has 0 saturated carbocycles.